The van der Waals surface area contributed by atoms with Gasteiger partial charge in [-0.25, -0.2) is 0 Å². The summed E-state index contributed by atoms with van der Waals surface area (Å²) in [6.45, 7) is 3.81. The van der Waals surface area contributed by atoms with Crippen molar-refractivity contribution >= 4 is 29.4 Å². The number of benzene rings is 2. The van der Waals surface area contributed by atoms with Crippen molar-refractivity contribution in [1.29, 1.82) is 0 Å². The summed E-state index contributed by atoms with van der Waals surface area (Å²) in [4.78, 5) is 16.8. The molecule has 0 aromatic heterocycles. The quantitative estimate of drug-likeness (QED) is 0.671. The van der Waals surface area contributed by atoms with Gasteiger partial charge >= 0.3 is 0 Å². The Balaban J connectivity index is 1.81. The largest absolute Gasteiger partial charge is 0.386 e. The fourth-order valence-corrected chi connectivity index (χ4v) is 2.01. The number of carbonyl (C=O) groups excluding carboxylic acids is 1. The van der Waals surface area contributed by atoms with Gasteiger partial charge in [0.1, 0.15) is 0 Å². The Kier molecular flexibility index (Phi) is 5.55. The van der Waals surface area contributed by atoms with E-state index in [2.05, 4.69) is 10.5 Å². The maximum absolute atomic E-state index is 11.8. The first kappa shape index (κ1) is 16.0. The Morgan fingerprint density at radius 1 is 1.23 bits per heavy atom. The van der Waals surface area contributed by atoms with Gasteiger partial charge in [-0.05, 0) is 43.2 Å². The molecule has 0 spiro atoms. The van der Waals surface area contributed by atoms with Crippen LogP contribution in [0.15, 0.2) is 47.6 Å². The number of nitrogens with one attached hydrogen (secondary N) is 1. The van der Waals surface area contributed by atoms with Crippen molar-refractivity contribution in [2.75, 3.05) is 11.9 Å². The molecule has 0 heterocycles. The van der Waals surface area contributed by atoms with Gasteiger partial charge in [0.25, 0.3) is 5.91 Å². The number of halogens is 1. The number of nitrogens with zero attached hydrogens (tertiary/aromatic N) is 1. The van der Waals surface area contributed by atoms with Crippen LogP contribution in [-0.4, -0.2) is 18.7 Å². The Labute approximate surface area is 134 Å². The van der Waals surface area contributed by atoms with E-state index >= 15 is 0 Å². The molecule has 5 heteroatoms. The van der Waals surface area contributed by atoms with E-state index < -0.39 is 0 Å². The summed E-state index contributed by atoms with van der Waals surface area (Å²) in [6.07, 6.45) is 1.53. The van der Waals surface area contributed by atoms with E-state index in [1.54, 1.807) is 12.1 Å². The summed E-state index contributed by atoms with van der Waals surface area (Å²) in [5, 5.41) is 7.21. The molecule has 0 atom stereocenters. The first-order chi connectivity index (χ1) is 10.5. The van der Waals surface area contributed by atoms with E-state index in [4.69, 9.17) is 16.4 Å². The average Bonchev–Trinajstić information content (AvgIpc) is 2.48. The topological polar surface area (TPSA) is 50.7 Å². The normalized spacial score (nSPS) is 10.7. The van der Waals surface area contributed by atoms with Gasteiger partial charge in [0.15, 0.2) is 6.61 Å². The van der Waals surface area contributed by atoms with Crippen molar-refractivity contribution in [3.8, 4) is 0 Å². The standard InChI is InChI=1S/C17H17ClN2O2/c1-12-3-8-16(13(2)9-12)20-17(21)11-22-19-10-14-4-6-15(18)7-5-14/h3-10H,11H2,1-2H3,(H,20,21)/b19-10+. The first-order valence-electron chi connectivity index (χ1n) is 6.82. The zero-order valence-corrected chi connectivity index (χ0v) is 13.2. The monoisotopic (exact) mass is 316 g/mol. The number of carbonyl (C=O) groups is 1. The van der Waals surface area contributed by atoms with Crippen LogP contribution in [0.3, 0.4) is 0 Å². The van der Waals surface area contributed by atoms with E-state index in [0.717, 1.165) is 22.4 Å². The minimum atomic E-state index is -0.250. The summed E-state index contributed by atoms with van der Waals surface area (Å²) < 4.78 is 0. The highest BCUT2D eigenvalue weighted by Crippen LogP contribution is 2.15. The number of oxime groups is 1. The molecule has 2 aromatic rings. The molecule has 4 nitrogen and oxygen atoms in total. The van der Waals surface area contributed by atoms with Gasteiger partial charge in [-0.15, -0.1) is 0 Å². The second-order valence-corrected chi connectivity index (χ2v) is 5.36. The molecule has 0 bridgehead atoms. The van der Waals surface area contributed by atoms with Crippen LogP contribution >= 0.6 is 11.6 Å². The number of hydrogen-bond donors (Lipinski definition) is 1. The van der Waals surface area contributed by atoms with Crippen molar-refractivity contribution < 1.29 is 9.63 Å². The second-order valence-electron chi connectivity index (χ2n) is 4.93. The molecule has 2 rings (SSSR count). The predicted octanol–water partition coefficient (Wildman–Crippen LogP) is 3.95. The summed E-state index contributed by atoms with van der Waals surface area (Å²) in [5.74, 6) is -0.250. The highest BCUT2D eigenvalue weighted by Gasteiger charge is 2.05. The molecular formula is C17H17ClN2O2. The third-order valence-corrected chi connectivity index (χ3v) is 3.25. The lowest BCUT2D eigenvalue weighted by atomic mass is 10.1. The second kappa shape index (κ2) is 7.61. The molecular weight excluding hydrogens is 300 g/mol. The zero-order valence-electron chi connectivity index (χ0n) is 12.5. The van der Waals surface area contributed by atoms with Gasteiger partial charge < -0.3 is 10.2 Å². The third kappa shape index (κ3) is 4.90. The molecule has 0 saturated carbocycles. The average molecular weight is 317 g/mol. The van der Waals surface area contributed by atoms with Crippen LogP contribution in [0.2, 0.25) is 5.02 Å². The van der Waals surface area contributed by atoms with E-state index in [1.165, 1.54) is 6.21 Å². The minimum Gasteiger partial charge on any atom is -0.386 e. The molecule has 0 aliphatic carbocycles. The number of amides is 1. The number of rotatable bonds is 5. The Morgan fingerprint density at radius 3 is 2.64 bits per heavy atom. The first-order valence-corrected chi connectivity index (χ1v) is 7.20. The van der Waals surface area contributed by atoms with E-state index in [9.17, 15) is 4.79 Å². The molecule has 1 N–H and O–H groups in total. The fourth-order valence-electron chi connectivity index (χ4n) is 1.88. The van der Waals surface area contributed by atoms with Crippen molar-refractivity contribution in [3.63, 3.8) is 0 Å². The molecule has 0 saturated heterocycles. The van der Waals surface area contributed by atoms with E-state index in [0.29, 0.717) is 5.02 Å². The highest BCUT2D eigenvalue weighted by molar-refractivity contribution is 6.30. The molecule has 114 valence electrons. The SMILES string of the molecule is Cc1ccc(NC(=O)CO/N=C/c2ccc(Cl)cc2)c(C)c1. The summed E-state index contributed by atoms with van der Waals surface area (Å²) in [7, 11) is 0. The maximum Gasteiger partial charge on any atom is 0.265 e. The Bertz CT molecular complexity index is 682. The zero-order chi connectivity index (χ0) is 15.9. The molecule has 0 aliphatic rings. The van der Waals surface area contributed by atoms with Crippen LogP contribution in [-0.2, 0) is 9.63 Å². The van der Waals surface area contributed by atoms with Crippen molar-refractivity contribution in [2.24, 2.45) is 5.16 Å². The molecule has 0 aliphatic heterocycles. The van der Waals surface area contributed by atoms with Crippen LogP contribution in [0.25, 0.3) is 0 Å². The Morgan fingerprint density at radius 2 is 1.95 bits per heavy atom. The van der Waals surface area contributed by atoms with Crippen LogP contribution in [0, 0.1) is 13.8 Å². The molecule has 22 heavy (non-hydrogen) atoms. The molecule has 0 radical (unpaired) electrons. The summed E-state index contributed by atoms with van der Waals surface area (Å²) in [5.41, 5.74) is 3.79. The van der Waals surface area contributed by atoms with Crippen molar-refractivity contribution in [1.82, 2.24) is 0 Å². The van der Waals surface area contributed by atoms with Gasteiger partial charge in [0.05, 0.1) is 6.21 Å². The smallest absolute Gasteiger partial charge is 0.265 e. The molecule has 0 fully saturated rings. The van der Waals surface area contributed by atoms with Crippen LogP contribution in [0.4, 0.5) is 5.69 Å². The fraction of sp³-hybridized carbons (Fsp3) is 0.176. The van der Waals surface area contributed by atoms with Crippen molar-refractivity contribution in [2.45, 2.75) is 13.8 Å². The van der Waals surface area contributed by atoms with E-state index in [-0.39, 0.29) is 12.5 Å². The van der Waals surface area contributed by atoms with Crippen molar-refractivity contribution in [3.05, 3.63) is 64.2 Å². The lowest BCUT2D eigenvalue weighted by Crippen LogP contribution is -2.17. The van der Waals surface area contributed by atoms with Crippen LogP contribution < -0.4 is 5.32 Å². The van der Waals surface area contributed by atoms with E-state index in [1.807, 2.05) is 44.2 Å². The highest BCUT2D eigenvalue weighted by atomic mass is 35.5. The van der Waals surface area contributed by atoms with Gasteiger partial charge in [0, 0.05) is 10.7 Å². The lowest BCUT2D eigenvalue weighted by molar-refractivity contribution is -0.120. The van der Waals surface area contributed by atoms with Gasteiger partial charge in [0.2, 0.25) is 0 Å². The van der Waals surface area contributed by atoms with Gasteiger partial charge in [-0.1, -0.05) is 46.6 Å². The summed E-state index contributed by atoms with van der Waals surface area (Å²) in [6, 6.07) is 13.0. The van der Waals surface area contributed by atoms with Crippen LogP contribution in [0.5, 0.6) is 0 Å². The maximum atomic E-state index is 11.8. The molecule has 0 unspecified atom stereocenters. The summed E-state index contributed by atoms with van der Waals surface area (Å²) >= 11 is 5.79. The number of hydrogen-bond acceptors (Lipinski definition) is 3. The molecule has 2 aromatic carbocycles. The molecule has 1 amide bonds. The Hall–Kier alpha value is -2.33. The van der Waals surface area contributed by atoms with Gasteiger partial charge in [-0.3, -0.25) is 4.79 Å². The lowest BCUT2D eigenvalue weighted by Gasteiger charge is -2.08. The third-order valence-electron chi connectivity index (χ3n) is 3.00. The predicted molar refractivity (Wildman–Crippen MR) is 89.5 cm³/mol. The number of anilines is 1. The number of aryl methyl sites for hydroxylation is 2. The minimum absolute atomic E-state index is 0.141. The van der Waals surface area contributed by atoms with Gasteiger partial charge in [-0.2, -0.15) is 0 Å². The van der Waals surface area contributed by atoms with Crippen LogP contribution in [0.1, 0.15) is 16.7 Å².